The molecule has 1 fully saturated rings. The summed E-state index contributed by atoms with van der Waals surface area (Å²) in [5.74, 6) is -6.44. The van der Waals surface area contributed by atoms with Crippen molar-refractivity contribution >= 4 is 9.84 Å². The fraction of sp³-hybridized carbons (Fsp3) is 1.00. The van der Waals surface area contributed by atoms with E-state index in [4.69, 9.17) is 0 Å². The second kappa shape index (κ2) is 6.55. The molecule has 0 bridgehead atoms. The standard InChI is InChI=1S/C11H18F5NO2S/c12-10(13,11(14,15)16)5-8-20(18,19)7-2-4-9-3-1-6-17-9/h9,17H,1-8H2/t9-/m1/s1. The van der Waals surface area contributed by atoms with Crippen LogP contribution in [0.15, 0.2) is 0 Å². The Balaban J connectivity index is 2.34. The quantitative estimate of drug-likeness (QED) is 0.732. The summed E-state index contributed by atoms with van der Waals surface area (Å²) in [5, 5.41) is 3.16. The molecule has 1 aliphatic heterocycles. The molecule has 1 N–H and O–H groups in total. The van der Waals surface area contributed by atoms with Gasteiger partial charge < -0.3 is 5.32 Å². The Hall–Kier alpha value is -0.440. The molecule has 0 saturated carbocycles. The van der Waals surface area contributed by atoms with E-state index in [1.165, 1.54) is 0 Å². The summed E-state index contributed by atoms with van der Waals surface area (Å²) in [7, 11) is -3.87. The molecular weight excluding hydrogens is 305 g/mol. The Morgan fingerprint density at radius 3 is 2.25 bits per heavy atom. The zero-order valence-corrected chi connectivity index (χ0v) is 11.7. The zero-order valence-electron chi connectivity index (χ0n) is 10.8. The number of rotatable bonds is 7. The van der Waals surface area contributed by atoms with E-state index in [1.807, 2.05) is 0 Å². The molecule has 0 aromatic rings. The largest absolute Gasteiger partial charge is 0.453 e. The second-order valence-corrected chi connectivity index (χ2v) is 7.34. The summed E-state index contributed by atoms with van der Waals surface area (Å²) in [6, 6.07) is 0.224. The van der Waals surface area contributed by atoms with Gasteiger partial charge in [0.25, 0.3) is 0 Å². The lowest BCUT2D eigenvalue weighted by atomic mass is 10.1. The van der Waals surface area contributed by atoms with Crippen LogP contribution in [0.5, 0.6) is 0 Å². The minimum Gasteiger partial charge on any atom is -0.314 e. The van der Waals surface area contributed by atoms with Crippen LogP contribution >= 0.6 is 0 Å². The summed E-state index contributed by atoms with van der Waals surface area (Å²) in [6.45, 7) is 0.870. The smallest absolute Gasteiger partial charge is 0.314 e. The molecule has 1 heterocycles. The molecule has 1 atom stereocenters. The van der Waals surface area contributed by atoms with Gasteiger partial charge in [-0.05, 0) is 32.2 Å². The molecule has 120 valence electrons. The van der Waals surface area contributed by atoms with E-state index in [0.29, 0.717) is 6.42 Å². The van der Waals surface area contributed by atoms with Crippen molar-refractivity contribution in [1.29, 1.82) is 0 Å². The number of halogens is 5. The maximum Gasteiger partial charge on any atom is 0.453 e. The summed E-state index contributed by atoms with van der Waals surface area (Å²) in [6.07, 6.45) is -4.59. The summed E-state index contributed by atoms with van der Waals surface area (Å²) >= 11 is 0. The Morgan fingerprint density at radius 2 is 1.75 bits per heavy atom. The molecule has 0 aromatic heterocycles. The van der Waals surface area contributed by atoms with E-state index in [2.05, 4.69) is 5.32 Å². The SMILES string of the molecule is O=S(=O)(CCC[C@H]1CCCN1)CCC(F)(F)C(F)(F)F. The van der Waals surface area contributed by atoms with Gasteiger partial charge in [0.1, 0.15) is 0 Å². The second-order valence-electron chi connectivity index (χ2n) is 5.04. The number of alkyl halides is 5. The van der Waals surface area contributed by atoms with Crippen LogP contribution in [0.3, 0.4) is 0 Å². The normalized spacial score (nSPS) is 21.4. The van der Waals surface area contributed by atoms with Gasteiger partial charge in [0, 0.05) is 12.5 Å². The zero-order chi connectivity index (χ0) is 15.4. The van der Waals surface area contributed by atoms with Crippen molar-refractivity contribution in [3.8, 4) is 0 Å². The molecule has 0 spiro atoms. The molecule has 1 rings (SSSR count). The molecule has 0 aromatic carbocycles. The molecule has 0 amide bonds. The van der Waals surface area contributed by atoms with Gasteiger partial charge in [-0.3, -0.25) is 0 Å². The van der Waals surface area contributed by atoms with Crippen LogP contribution in [-0.4, -0.2) is 44.6 Å². The lowest BCUT2D eigenvalue weighted by molar-refractivity contribution is -0.282. The van der Waals surface area contributed by atoms with Gasteiger partial charge >= 0.3 is 12.1 Å². The van der Waals surface area contributed by atoms with Crippen LogP contribution in [0.2, 0.25) is 0 Å². The van der Waals surface area contributed by atoms with Crippen molar-refractivity contribution in [2.45, 2.75) is 50.2 Å². The summed E-state index contributed by atoms with van der Waals surface area (Å²) in [5.41, 5.74) is 0. The summed E-state index contributed by atoms with van der Waals surface area (Å²) < 4.78 is 83.9. The van der Waals surface area contributed by atoms with Gasteiger partial charge in [-0.25, -0.2) is 8.42 Å². The third-order valence-corrected chi connectivity index (χ3v) is 5.05. The van der Waals surface area contributed by atoms with Crippen LogP contribution in [0.4, 0.5) is 22.0 Å². The number of hydrogen-bond acceptors (Lipinski definition) is 3. The monoisotopic (exact) mass is 323 g/mol. The van der Waals surface area contributed by atoms with E-state index in [0.717, 1.165) is 19.4 Å². The van der Waals surface area contributed by atoms with Crippen LogP contribution < -0.4 is 5.32 Å². The highest BCUT2D eigenvalue weighted by atomic mass is 32.2. The first-order valence-electron chi connectivity index (χ1n) is 6.42. The molecular formula is C11H18F5NO2S. The van der Waals surface area contributed by atoms with Crippen LogP contribution in [-0.2, 0) is 9.84 Å². The van der Waals surface area contributed by atoms with Gasteiger partial charge in [0.05, 0.1) is 11.5 Å². The molecule has 1 aliphatic rings. The Labute approximate surface area is 114 Å². The van der Waals surface area contributed by atoms with Gasteiger partial charge in [-0.15, -0.1) is 0 Å². The van der Waals surface area contributed by atoms with Crippen molar-refractivity contribution in [3.05, 3.63) is 0 Å². The maximum atomic E-state index is 12.6. The molecule has 0 radical (unpaired) electrons. The first-order valence-corrected chi connectivity index (χ1v) is 8.24. The van der Waals surface area contributed by atoms with Crippen molar-refractivity contribution in [3.63, 3.8) is 0 Å². The Morgan fingerprint density at radius 1 is 1.10 bits per heavy atom. The van der Waals surface area contributed by atoms with E-state index < -0.39 is 34.1 Å². The van der Waals surface area contributed by atoms with Crippen molar-refractivity contribution in [2.75, 3.05) is 18.1 Å². The topological polar surface area (TPSA) is 46.2 Å². The Kier molecular flexibility index (Phi) is 5.77. The van der Waals surface area contributed by atoms with Crippen LogP contribution in [0, 0.1) is 0 Å². The lowest BCUT2D eigenvalue weighted by Crippen LogP contribution is -2.38. The molecule has 9 heteroatoms. The molecule has 0 aliphatic carbocycles. The van der Waals surface area contributed by atoms with Crippen molar-refractivity contribution < 1.29 is 30.4 Å². The number of hydrogen-bond donors (Lipinski definition) is 1. The van der Waals surface area contributed by atoms with E-state index >= 15 is 0 Å². The first kappa shape index (κ1) is 17.6. The lowest BCUT2D eigenvalue weighted by Gasteiger charge is -2.19. The van der Waals surface area contributed by atoms with E-state index in [1.54, 1.807) is 0 Å². The highest BCUT2D eigenvalue weighted by molar-refractivity contribution is 7.91. The van der Waals surface area contributed by atoms with E-state index in [9.17, 15) is 30.4 Å². The average Bonchev–Trinajstić information content (AvgIpc) is 2.78. The fourth-order valence-corrected chi connectivity index (χ4v) is 3.46. The average molecular weight is 323 g/mol. The third-order valence-electron chi connectivity index (χ3n) is 3.31. The van der Waals surface area contributed by atoms with Gasteiger partial charge in [-0.1, -0.05) is 0 Å². The van der Waals surface area contributed by atoms with Gasteiger partial charge in [0.2, 0.25) is 0 Å². The number of nitrogens with one attached hydrogen (secondary N) is 1. The third kappa shape index (κ3) is 5.51. The Bertz CT molecular complexity index is 402. The minimum atomic E-state index is -5.70. The minimum absolute atomic E-state index is 0.224. The highest BCUT2D eigenvalue weighted by Crippen LogP contribution is 2.38. The molecule has 0 unspecified atom stereocenters. The van der Waals surface area contributed by atoms with Crippen molar-refractivity contribution in [2.24, 2.45) is 0 Å². The predicted octanol–water partition coefficient (Wildman–Crippen LogP) is 2.52. The van der Waals surface area contributed by atoms with E-state index in [-0.39, 0.29) is 18.2 Å². The predicted molar refractivity (Wildman–Crippen MR) is 64.5 cm³/mol. The van der Waals surface area contributed by atoms with Gasteiger partial charge in [-0.2, -0.15) is 22.0 Å². The molecule has 20 heavy (non-hydrogen) atoms. The van der Waals surface area contributed by atoms with Crippen LogP contribution in [0.25, 0.3) is 0 Å². The highest BCUT2D eigenvalue weighted by Gasteiger charge is 2.57. The molecule has 3 nitrogen and oxygen atoms in total. The molecule has 1 saturated heterocycles. The number of sulfone groups is 1. The van der Waals surface area contributed by atoms with Gasteiger partial charge in [0.15, 0.2) is 9.84 Å². The maximum absolute atomic E-state index is 12.6. The summed E-state index contributed by atoms with van der Waals surface area (Å²) in [4.78, 5) is 0. The van der Waals surface area contributed by atoms with Crippen molar-refractivity contribution in [1.82, 2.24) is 5.32 Å². The van der Waals surface area contributed by atoms with Crippen LogP contribution in [0.1, 0.15) is 32.1 Å². The fourth-order valence-electron chi connectivity index (χ4n) is 2.08. The first-order chi connectivity index (χ1) is 9.04.